The van der Waals surface area contributed by atoms with Crippen LogP contribution in [0.25, 0.3) is 0 Å². The van der Waals surface area contributed by atoms with Crippen LogP contribution in [0.2, 0.25) is 0 Å². The molecular formula is C16H17N5. The smallest absolute Gasteiger partial charge is 0.154 e. The predicted octanol–water partition coefficient (Wildman–Crippen LogP) is 2.88. The van der Waals surface area contributed by atoms with Crippen LogP contribution in [0.15, 0.2) is 36.5 Å². The number of aromatic nitrogens is 1. The molecule has 21 heavy (non-hydrogen) atoms. The van der Waals surface area contributed by atoms with Gasteiger partial charge in [-0.15, -0.1) is 0 Å². The van der Waals surface area contributed by atoms with Crippen molar-refractivity contribution in [3.8, 4) is 6.07 Å². The number of hydrogen-bond acceptors (Lipinski definition) is 5. The summed E-state index contributed by atoms with van der Waals surface area (Å²) >= 11 is 0. The number of nitrogen functional groups attached to an aromatic ring is 1. The highest BCUT2D eigenvalue weighted by Gasteiger charge is 2.12. The number of hydrogen-bond donors (Lipinski definition) is 2. The van der Waals surface area contributed by atoms with E-state index in [1.807, 2.05) is 12.1 Å². The van der Waals surface area contributed by atoms with Crippen LogP contribution in [0.4, 0.5) is 22.9 Å². The Morgan fingerprint density at radius 2 is 1.86 bits per heavy atom. The van der Waals surface area contributed by atoms with E-state index >= 15 is 0 Å². The molecule has 0 radical (unpaired) electrons. The predicted molar refractivity (Wildman–Crippen MR) is 84.5 cm³/mol. The van der Waals surface area contributed by atoms with E-state index < -0.39 is 0 Å². The SMILES string of the molecule is N#Cc1ccnc(Nc2ccc(N3CCCC3)cc2)c1N. The van der Waals surface area contributed by atoms with Gasteiger partial charge >= 0.3 is 0 Å². The lowest BCUT2D eigenvalue weighted by Crippen LogP contribution is -2.17. The van der Waals surface area contributed by atoms with Gasteiger partial charge in [-0.1, -0.05) is 0 Å². The van der Waals surface area contributed by atoms with Crippen LogP contribution >= 0.6 is 0 Å². The zero-order chi connectivity index (χ0) is 14.7. The van der Waals surface area contributed by atoms with E-state index in [4.69, 9.17) is 11.0 Å². The molecule has 106 valence electrons. The summed E-state index contributed by atoms with van der Waals surface area (Å²) in [5, 5.41) is 12.1. The fourth-order valence-electron chi connectivity index (χ4n) is 2.54. The third-order valence-corrected chi connectivity index (χ3v) is 3.71. The van der Waals surface area contributed by atoms with Crippen molar-refractivity contribution < 1.29 is 0 Å². The van der Waals surface area contributed by atoms with Crippen LogP contribution < -0.4 is 16.0 Å². The Balaban J connectivity index is 1.78. The number of anilines is 4. The molecule has 1 aliphatic heterocycles. The first-order valence-electron chi connectivity index (χ1n) is 7.04. The number of nitrogens with one attached hydrogen (secondary N) is 1. The Kier molecular flexibility index (Phi) is 3.61. The van der Waals surface area contributed by atoms with Gasteiger partial charge in [-0.25, -0.2) is 4.98 Å². The molecule has 0 amide bonds. The second-order valence-electron chi connectivity index (χ2n) is 5.10. The molecule has 0 unspecified atom stereocenters. The maximum absolute atomic E-state index is 8.98. The summed E-state index contributed by atoms with van der Waals surface area (Å²) in [7, 11) is 0. The highest BCUT2D eigenvalue weighted by atomic mass is 15.1. The lowest BCUT2D eigenvalue weighted by molar-refractivity contribution is 0.949. The largest absolute Gasteiger partial charge is 0.395 e. The monoisotopic (exact) mass is 279 g/mol. The van der Waals surface area contributed by atoms with Crippen molar-refractivity contribution in [1.29, 1.82) is 5.26 Å². The number of rotatable bonds is 3. The molecular weight excluding hydrogens is 262 g/mol. The molecule has 1 saturated heterocycles. The van der Waals surface area contributed by atoms with Crippen molar-refractivity contribution in [1.82, 2.24) is 4.98 Å². The summed E-state index contributed by atoms with van der Waals surface area (Å²) in [4.78, 5) is 6.57. The second kappa shape index (κ2) is 5.71. The second-order valence-corrected chi connectivity index (χ2v) is 5.10. The molecule has 0 bridgehead atoms. The Bertz CT molecular complexity index is 666. The Morgan fingerprint density at radius 1 is 1.14 bits per heavy atom. The molecule has 5 heteroatoms. The summed E-state index contributed by atoms with van der Waals surface area (Å²) in [6.45, 7) is 2.26. The zero-order valence-corrected chi connectivity index (χ0v) is 11.7. The number of pyridine rings is 1. The first-order valence-corrected chi connectivity index (χ1v) is 7.04. The fraction of sp³-hybridized carbons (Fsp3) is 0.250. The van der Waals surface area contributed by atoms with Crippen LogP contribution in [0.1, 0.15) is 18.4 Å². The van der Waals surface area contributed by atoms with Gasteiger partial charge in [-0.05, 0) is 43.2 Å². The van der Waals surface area contributed by atoms with E-state index in [0.29, 0.717) is 17.1 Å². The Morgan fingerprint density at radius 3 is 2.52 bits per heavy atom. The summed E-state index contributed by atoms with van der Waals surface area (Å²) in [5.41, 5.74) is 8.88. The van der Waals surface area contributed by atoms with Gasteiger partial charge < -0.3 is 16.0 Å². The standard InChI is InChI=1S/C16H17N5/c17-11-12-7-8-19-16(15(12)18)20-13-3-5-14(6-4-13)21-9-1-2-10-21/h3-8H,1-2,9-10,18H2,(H,19,20). The van der Waals surface area contributed by atoms with Crippen molar-refractivity contribution in [2.24, 2.45) is 0 Å². The molecule has 1 fully saturated rings. The van der Waals surface area contributed by atoms with E-state index in [9.17, 15) is 0 Å². The van der Waals surface area contributed by atoms with Gasteiger partial charge in [0.2, 0.25) is 0 Å². The summed E-state index contributed by atoms with van der Waals surface area (Å²) in [5.74, 6) is 0.517. The molecule has 5 nitrogen and oxygen atoms in total. The molecule has 0 spiro atoms. The lowest BCUT2D eigenvalue weighted by atomic mass is 10.2. The van der Waals surface area contributed by atoms with E-state index in [1.165, 1.54) is 18.5 Å². The third kappa shape index (κ3) is 2.75. The molecule has 1 aromatic heterocycles. The van der Waals surface area contributed by atoms with E-state index in [-0.39, 0.29) is 0 Å². The number of nitrogens with zero attached hydrogens (tertiary/aromatic N) is 3. The maximum atomic E-state index is 8.98. The van der Waals surface area contributed by atoms with Crippen molar-refractivity contribution >= 4 is 22.9 Å². The Labute approximate surface area is 124 Å². The maximum Gasteiger partial charge on any atom is 0.154 e. The molecule has 0 saturated carbocycles. The average molecular weight is 279 g/mol. The van der Waals surface area contributed by atoms with Crippen molar-refractivity contribution in [3.05, 3.63) is 42.1 Å². The van der Waals surface area contributed by atoms with Gasteiger partial charge in [0.15, 0.2) is 5.82 Å². The first kappa shape index (κ1) is 13.3. The van der Waals surface area contributed by atoms with E-state index in [0.717, 1.165) is 18.8 Å². The number of nitriles is 1. The molecule has 3 N–H and O–H groups in total. The molecule has 3 rings (SSSR count). The van der Waals surface area contributed by atoms with Crippen molar-refractivity contribution in [2.45, 2.75) is 12.8 Å². The number of benzene rings is 1. The molecule has 0 aliphatic carbocycles. The van der Waals surface area contributed by atoms with Gasteiger partial charge in [0.1, 0.15) is 6.07 Å². The van der Waals surface area contributed by atoms with Gasteiger partial charge in [0, 0.05) is 30.7 Å². The van der Waals surface area contributed by atoms with Gasteiger partial charge in [0.25, 0.3) is 0 Å². The molecule has 2 heterocycles. The van der Waals surface area contributed by atoms with E-state index in [2.05, 4.69) is 33.4 Å². The third-order valence-electron chi connectivity index (χ3n) is 3.71. The summed E-state index contributed by atoms with van der Waals surface area (Å²) in [6.07, 6.45) is 4.11. The summed E-state index contributed by atoms with van der Waals surface area (Å²) < 4.78 is 0. The van der Waals surface area contributed by atoms with Crippen LogP contribution in [-0.4, -0.2) is 18.1 Å². The van der Waals surface area contributed by atoms with Gasteiger partial charge in [0.05, 0.1) is 11.3 Å². The topological polar surface area (TPSA) is 78.0 Å². The summed E-state index contributed by atoms with van der Waals surface area (Å²) in [6, 6.07) is 11.9. The average Bonchev–Trinajstić information content (AvgIpc) is 3.04. The van der Waals surface area contributed by atoms with Crippen LogP contribution in [-0.2, 0) is 0 Å². The normalized spacial score (nSPS) is 14.0. The highest BCUT2D eigenvalue weighted by Crippen LogP contribution is 2.26. The molecule has 2 aromatic rings. The first-order chi connectivity index (χ1) is 10.3. The highest BCUT2D eigenvalue weighted by molar-refractivity contribution is 5.74. The Hall–Kier alpha value is -2.74. The molecule has 1 aromatic carbocycles. The van der Waals surface area contributed by atoms with Crippen molar-refractivity contribution in [3.63, 3.8) is 0 Å². The molecule has 0 atom stereocenters. The van der Waals surface area contributed by atoms with Gasteiger partial charge in [-0.2, -0.15) is 5.26 Å². The van der Waals surface area contributed by atoms with Crippen LogP contribution in [0, 0.1) is 11.3 Å². The quantitative estimate of drug-likeness (QED) is 0.903. The minimum Gasteiger partial charge on any atom is -0.395 e. The lowest BCUT2D eigenvalue weighted by Gasteiger charge is -2.18. The fourth-order valence-corrected chi connectivity index (χ4v) is 2.54. The van der Waals surface area contributed by atoms with Crippen LogP contribution in [0.5, 0.6) is 0 Å². The minimum absolute atomic E-state index is 0.378. The van der Waals surface area contributed by atoms with Gasteiger partial charge in [-0.3, -0.25) is 0 Å². The van der Waals surface area contributed by atoms with Crippen molar-refractivity contribution in [2.75, 3.05) is 29.0 Å². The number of nitrogens with two attached hydrogens (primary N) is 1. The van der Waals surface area contributed by atoms with E-state index in [1.54, 1.807) is 12.3 Å². The minimum atomic E-state index is 0.378. The zero-order valence-electron chi connectivity index (χ0n) is 11.7. The molecule has 1 aliphatic rings. The van der Waals surface area contributed by atoms with Crippen LogP contribution in [0.3, 0.4) is 0 Å².